The molecule has 96 valence electrons. The molecule has 1 heterocycles. The molecule has 17 heavy (non-hydrogen) atoms. The number of anilines is 1. The number of alkyl halides is 3. The van der Waals surface area contributed by atoms with Crippen LogP contribution in [0.2, 0.25) is 0 Å². The van der Waals surface area contributed by atoms with E-state index >= 15 is 0 Å². The molecule has 5 nitrogen and oxygen atoms in total. The Labute approximate surface area is 94.9 Å². The number of aliphatic hydroxyl groups is 2. The van der Waals surface area contributed by atoms with Crippen molar-refractivity contribution in [2.24, 2.45) is 5.73 Å². The first-order chi connectivity index (χ1) is 7.77. The summed E-state index contributed by atoms with van der Waals surface area (Å²) in [5.41, 5.74) is 8.34. The molecule has 1 rings (SSSR count). The molecule has 0 aromatic carbocycles. The topological polar surface area (TPSA) is 105 Å². The number of aromatic nitrogens is 1. The van der Waals surface area contributed by atoms with E-state index in [0.29, 0.717) is 0 Å². The van der Waals surface area contributed by atoms with Crippen LogP contribution in [-0.4, -0.2) is 27.8 Å². The predicted molar refractivity (Wildman–Crippen MR) is 53.7 cm³/mol. The van der Waals surface area contributed by atoms with E-state index in [4.69, 9.17) is 11.5 Å². The van der Waals surface area contributed by atoms with Crippen LogP contribution in [0, 0.1) is 0 Å². The Bertz CT molecular complexity index is 398. The van der Waals surface area contributed by atoms with Crippen molar-refractivity contribution in [3.8, 4) is 0 Å². The molecule has 0 amide bonds. The van der Waals surface area contributed by atoms with E-state index in [1.165, 1.54) is 0 Å². The molecule has 8 heteroatoms. The van der Waals surface area contributed by atoms with Crippen molar-refractivity contribution < 1.29 is 23.4 Å². The van der Waals surface area contributed by atoms with Gasteiger partial charge >= 0.3 is 6.18 Å². The number of nitrogen functional groups attached to an aromatic ring is 1. The second kappa shape index (κ2) is 4.86. The lowest BCUT2D eigenvalue weighted by Gasteiger charge is -2.20. The van der Waals surface area contributed by atoms with Crippen LogP contribution in [0.15, 0.2) is 12.1 Å². The van der Waals surface area contributed by atoms with Crippen molar-refractivity contribution in [3.05, 3.63) is 23.4 Å². The second-order valence-corrected chi connectivity index (χ2v) is 3.42. The van der Waals surface area contributed by atoms with Gasteiger partial charge in [0.15, 0.2) is 5.69 Å². The first-order valence-electron chi connectivity index (χ1n) is 4.67. The zero-order chi connectivity index (χ0) is 13.2. The fraction of sp³-hybridized carbons (Fsp3) is 0.444. The van der Waals surface area contributed by atoms with E-state index in [9.17, 15) is 23.4 Å². The molecule has 2 unspecified atom stereocenters. The molecule has 0 spiro atoms. The molecule has 6 N–H and O–H groups in total. The first kappa shape index (κ1) is 13.7. The average molecular weight is 251 g/mol. The zero-order valence-electron chi connectivity index (χ0n) is 8.65. The number of halogens is 3. The molecule has 0 fully saturated rings. The highest BCUT2D eigenvalue weighted by Gasteiger charge is 2.38. The van der Waals surface area contributed by atoms with Gasteiger partial charge in [0, 0.05) is 12.1 Å². The highest BCUT2D eigenvalue weighted by Crippen LogP contribution is 2.34. The van der Waals surface area contributed by atoms with Gasteiger partial charge in [-0.15, -0.1) is 0 Å². The SMILES string of the molecule is NCC(O)C(O)c1ccc(N)nc1C(F)(F)F. The van der Waals surface area contributed by atoms with Gasteiger partial charge in [0.2, 0.25) is 0 Å². The van der Waals surface area contributed by atoms with Crippen molar-refractivity contribution in [1.29, 1.82) is 0 Å². The normalized spacial score (nSPS) is 15.6. The standard InChI is InChI=1S/C9H12F3N3O2/c10-9(11,12)8-4(1-2-6(14)15-8)7(17)5(16)3-13/h1-2,5,7,16-17H,3,13H2,(H2,14,15). The maximum atomic E-state index is 12.6. The van der Waals surface area contributed by atoms with Gasteiger partial charge < -0.3 is 21.7 Å². The van der Waals surface area contributed by atoms with E-state index in [2.05, 4.69) is 4.98 Å². The monoisotopic (exact) mass is 251 g/mol. The number of pyridine rings is 1. The van der Waals surface area contributed by atoms with Gasteiger partial charge in [0.05, 0.1) is 6.10 Å². The number of hydrogen-bond acceptors (Lipinski definition) is 5. The van der Waals surface area contributed by atoms with E-state index < -0.39 is 29.6 Å². The van der Waals surface area contributed by atoms with E-state index in [0.717, 1.165) is 12.1 Å². The number of hydrogen-bond donors (Lipinski definition) is 4. The Kier molecular flexibility index (Phi) is 3.91. The number of nitrogens with two attached hydrogens (primary N) is 2. The van der Waals surface area contributed by atoms with Crippen LogP contribution in [-0.2, 0) is 6.18 Å². The van der Waals surface area contributed by atoms with Gasteiger partial charge in [-0.3, -0.25) is 0 Å². The fourth-order valence-corrected chi connectivity index (χ4v) is 1.29. The summed E-state index contributed by atoms with van der Waals surface area (Å²) < 4.78 is 37.8. The molecule has 0 radical (unpaired) electrons. The first-order valence-corrected chi connectivity index (χ1v) is 4.67. The third kappa shape index (κ3) is 3.05. The van der Waals surface area contributed by atoms with Crippen molar-refractivity contribution in [3.63, 3.8) is 0 Å². The maximum absolute atomic E-state index is 12.6. The smallest absolute Gasteiger partial charge is 0.389 e. The lowest BCUT2D eigenvalue weighted by molar-refractivity contribution is -0.143. The molecular weight excluding hydrogens is 239 g/mol. The summed E-state index contributed by atoms with van der Waals surface area (Å²) in [5.74, 6) is -0.324. The number of nitrogens with zero attached hydrogens (tertiary/aromatic N) is 1. The molecule has 1 aromatic heterocycles. The molecule has 0 aliphatic heterocycles. The van der Waals surface area contributed by atoms with Gasteiger partial charge in [-0.05, 0) is 6.07 Å². The summed E-state index contributed by atoms with van der Waals surface area (Å²) in [4.78, 5) is 3.12. The van der Waals surface area contributed by atoms with Crippen LogP contribution in [0.1, 0.15) is 17.4 Å². The average Bonchev–Trinajstić information content (AvgIpc) is 2.25. The Morgan fingerprint density at radius 2 is 1.88 bits per heavy atom. The summed E-state index contributed by atoms with van der Waals surface area (Å²) in [6, 6.07) is 2.08. The van der Waals surface area contributed by atoms with Gasteiger partial charge in [0.1, 0.15) is 11.9 Å². The largest absolute Gasteiger partial charge is 0.433 e. The summed E-state index contributed by atoms with van der Waals surface area (Å²) in [5, 5.41) is 18.8. The van der Waals surface area contributed by atoms with Crippen molar-refractivity contribution in [2.75, 3.05) is 12.3 Å². The third-order valence-corrected chi connectivity index (χ3v) is 2.14. The van der Waals surface area contributed by atoms with Crippen molar-refractivity contribution in [1.82, 2.24) is 4.98 Å². The minimum absolute atomic E-state index is 0.324. The molecule has 1 aromatic rings. The Hall–Kier alpha value is -1.38. The molecule has 0 bridgehead atoms. The molecular formula is C9H12F3N3O2. The summed E-state index contributed by atoms with van der Waals surface area (Å²) in [7, 11) is 0. The quantitative estimate of drug-likeness (QED) is 0.606. The molecule has 0 saturated carbocycles. The van der Waals surface area contributed by atoms with Gasteiger partial charge in [0.25, 0.3) is 0 Å². The predicted octanol–water partition coefficient (Wildman–Crippen LogP) is 0.0356. The Balaban J connectivity index is 3.24. The maximum Gasteiger partial charge on any atom is 0.433 e. The molecule has 2 atom stereocenters. The zero-order valence-corrected chi connectivity index (χ0v) is 8.65. The second-order valence-electron chi connectivity index (χ2n) is 3.42. The highest BCUT2D eigenvalue weighted by atomic mass is 19.4. The lowest BCUT2D eigenvalue weighted by Crippen LogP contribution is -2.29. The Morgan fingerprint density at radius 3 is 2.35 bits per heavy atom. The molecule has 0 aliphatic rings. The summed E-state index contributed by atoms with van der Waals surface area (Å²) in [6.07, 6.45) is -8.02. The van der Waals surface area contributed by atoms with Crippen LogP contribution < -0.4 is 11.5 Å². The van der Waals surface area contributed by atoms with Crippen LogP contribution >= 0.6 is 0 Å². The minimum atomic E-state index is -4.76. The molecule has 0 aliphatic carbocycles. The van der Waals surface area contributed by atoms with Crippen LogP contribution in [0.4, 0.5) is 19.0 Å². The summed E-state index contributed by atoms with van der Waals surface area (Å²) >= 11 is 0. The van der Waals surface area contributed by atoms with Crippen molar-refractivity contribution in [2.45, 2.75) is 18.4 Å². The lowest BCUT2D eigenvalue weighted by atomic mass is 10.0. The van der Waals surface area contributed by atoms with E-state index in [-0.39, 0.29) is 12.4 Å². The minimum Gasteiger partial charge on any atom is -0.389 e. The van der Waals surface area contributed by atoms with Gasteiger partial charge in [-0.25, -0.2) is 4.98 Å². The summed E-state index contributed by atoms with van der Waals surface area (Å²) in [6.45, 7) is -0.372. The Morgan fingerprint density at radius 1 is 1.29 bits per heavy atom. The number of rotatable bonds is 3. The number of aliphatic hydroxyl groups excluding tert-OH is 2. The fourth-order valence-electron chi connectivity index (χ4n) is 1.29. The van der Waals surface area contributed by atoms with Crippen molar-refractivity contribution >= 4 is 5.82 Å². The van der Waals surface area contributed by atoms with E-state index in [1.807, 2.05) is 0 Å². The van der Waals surface area contributed by atoms with Gasteiger partial charge in [-0.1, -0.05) is 6.07 Å². The van der Waals surface area contributed by atoms with Crippen LogP contribution in [0.5, 0.6) is 0 Å². The van der Waals surface area contributed by atoms with Crippen LogP contribution in [0.25, 0.3) is 0 Å². The highest BCUT2D eigenvalue weighted by molar-refractivity contribution is 5.37. The van der Waals surface area contributed by atoms with Crippen LogP contribution in [0.3, 0.4) is 0 Å². The van der Waals surface area contributed by atoms with Gasteiger partial charge in [-0.2, -0.15) is 13.2 Å². The molecule has 0 saturated heterocycles. The third-order valence-electron chi connectivity index (χ3n) is 2.14. The van der Waals surface area contributed by atoms with E-state index in [1.54, 1.807) is 0 Å².